The van der Waals surface area contributed by atoms with Crippen LogP contribution in [0.2, 0.25) is 0 Å². The van der Waals surface area contributed by atoms with E-state index in [0.717, 1.165) is 38.0 Å². The molecule has 2 atom stereocenters. The summed E-state index contributed by atoms with van der Waals surface area (Å²) in [4.78, 5) is 17.1. The molecule has 0 aromatic heterocycles. The van der Waals surface area contributed by atoms with E-state index < -0.39 is 0 Å². The standard InChI is InChI=1S/C18H24N2O/c1-13-4-2-3-5-17(13)19-6-8-20(9-7-19)18(21)16-11-14-10-15(14)12-16/h2-5,14-16H,6-12H2,1H3. The minimum absolute atomic E-state index is 0.346. The number of para-hydroxylation sites is 1. The van der Waals surface area contributed by atoms with Crippen LogP contribution in [0, 0.1) is 24.7 Å². The van der Waals surface area contributed by atoms with Crippen molar-refractivity contribution in [3.8, 4) is 0 Å². The number of rotatable bonds is 2. The summed E-state index contributed by atoms with van der Waals surface area (Å²) in [5.41, 5.74) is 2.65. The van der Waals surface area contributed by atoms with Crippen LogP contribution in [0.1, 0.15) is 24.8 Å². The summed E-state index contributed by atoms with van der Waals surface area (Å²) in [7, 11) is 0. The first kappa shape index (κ1) is 13.2. The van der Waals surface area contributed by atoms with Gasteiger partial charge in [0.05, 0.1) is 0 Å². The van der Waals surface area contributed by atoms with Crippen molar-refractivity contribution in [1.82, 2.24) is 4.90 Å². The van der Waals surface area contributed by atoms with E-state index in [2.05, 4.69) is 41.0 Å². The lowest BCUT2D eigenvalue weighted by Gasteiger charge is -2.38. The second-order valence-corrected chi connectivity index (χ2v) is 7.02. The highest BCUT2D eigenvalue weighted by molar-refractivity contribution is 5.79. The Morgan fingerprint density at radius 1 is 1.00 bits per heavy atom. The number of hydrogen-bond donors (Lipinski definition) is 0. The molecule has 0 N–H and O–H groups in total. The number of benzene rings is 1. The molecule has 3 heteroatoms. The lowest BCUT2D eigenvalue weighted by Crippen LogP contribution is -2.50. The lowest BCUT2D eigenvalue weighted by atomic mass is 10.0. The summed E-state index contributed by atoms with van der Waals surface area (Å²) in [6, 6.07) is 8.55. The maximum Gasteiger partial charge on any atom is 0.225 e. The van der Waals surface area contributed by atoms with E-state index in [4.69, 9.17) is 0 Å². The van der Waals surface area contributed by atoms with Gasteiger partial charge in [-0.3, -0.25) is 4.79 Å². The van der Waals surface area contributed by atoms with E-state index >= 15 is 0 Å². The first-order chi connectivity index (χ1) is 10.2. The Labute approximate surface area is 126 Å². The van der Waals surface area contributed by atoms with Crippen LogP contribution in [-0.2, 0) is 4.79 Å². The molecule has 0 bridgehead atoms. The van der Waals surface area contributed by atoms with Crippen molar-refractivity contribution in [3.63, 3.8) is 0 Å². The molecule has 2 aliphatic carbocycles. The third-order valence-electron chi connectivity index (χ3n) is 5.64. The monoisotopic (exact) mass is 284 g/mol. The van der Waals surface area contributed by atoms with Crippen LogP contribution in [0.15, 0.2) is 24.3 Å². The molecule has 112 valence electrons. The minimum Gasteiger partial charge on any atom is -0.368 e. The molecule has 1 heterocycles. The van der Waals surface area contributed by atoms with E-state index in [1.54, 1.807) is 0 Å². The second kappa shape index (κ2) is 5.04. The van der Waals surface area contributed by atoms with E-state index in [9.17, 15) is 4.79 Å². The summed E-state index contributed by atoms with van der Waals surface area (Å²) in [6.07, 6.45) is 3.73. The third kappa shape index (κ3) is 2.43. The van der Waals surface area contributed by atoms with Crippen LogP contribution < -0.4 is 4.90 Å². The molecule has 3 nitrogen and oxygen atoms in total. The summed E-state index contributed by atoms with van der Waals surface area (Å²) < 4.78 is 0. The SMILES string of the molecule is Cc1ccccc1N1CCN(C(=O)C2CC3CC3C2)CC1. The van der Waals surface area contributed by atoms with Crippen LogP contribution in [0.25, 0.3) is 0 Å². The summed E-state index contributed by atoms with van der Waals surface area (Å²) >= 11 is 0. The van der Waals surface area contributed by atoms with E-state index in [-0.39, 0.29) is 0 Å². The Morgan fingerprint density at radius 3 is 2.33 bits per heavy atom. The fraction of sp³-hybridized carbons (Fsp3) is 0.611. The number of anilines is 1. The molecule has 1 aromatic rings. The van der Waals surface area contributed by atoms with Crippen molar-refractivity contribution in [3.05, 3.63) is 29.8 Å². The van der Waals surface area contributed by atoms with Gasteiger partial charge in [0.15, 0.2) is 0 Å². The van der Waals surface area contributed by atoms with Crippen molar-refractivity contribution in [2.75, 3.05) is 31.1 Å². The fourth-order valence-corrected chi connectivity index (χ4v) is 4.26. The van der Waals surface area contributed by atoms with Crippen molar-refractivity contribution >= 4 is 11.6 Å². The van der Waals surface area contributed by atoms with Gasteiger partial charge >= 0.3 is 0 Å². The van der Waals surface area contributed by atoms with Crippen molar-refractivity contribution in [2.45, 2.75) is 26.2 Å². The number of hydrogen-bond acceptors (Lipinski definition) is 2. The molecule has 1 saturated heterocycles. The van der Waals surface area contributed by atoms with Crippen LogP contribution in [0.4, 0.5) is 5.69 Å². The molecule has 1 aliphatic heterocycles. The molecule has 3 aliphatic rings. The Kier molecular flexibility index (Phi) is 3.16. The van der Waals surface area contributed by atoms with Gasteiger partial charge in [-0.2, -0.15) is 0 Å². The van der Waals surface area contributed by atoms with Gasteiger partial charge in [0, 0.05) is 37.8 Å². The number of carbonyl (C=O) groups excluding carboxylic acids is 1. The zero-order valence-electron chi connectivity index (χ0n) is 12.8. The van der Waals surface area contributed by atoms with Gasteiger partial charge in [0.2, 0.25) is 5.91 Å². The second-order valence-electron chi connectivity index (χ2n) is 7.02. The van der Waals surface area contributed by atoms with E-state index in [1.807, 2.05) is 0 Å². The normalized spacial score (nSPS) is 31.2. The smallest absolute Gasteiger partial charge is 0.225 e. The average Bonchev–Trinajstić information content (AvgIpc) is 3.13. The quantitative estimate of drug-likeness (QED) is 0.833. The number of nitrogens with zero attached hydrogens (tertiary/aromatic N) is 2. The number of carbonyl (C=O) groups is 1. The van der Waals surface area contributed by atoms with Gasteiger partial charge in [-0.15, -0.1) is 0 Å². The largest absolute Gasteiger partial charge is 0.368 e. The summed E-state index contributed by atoms with van der Waals surface area (Å²) in [5.74, 6) is 2.57. The molecule has 4 rings (SSSR count). The lowest BCUT2D eigenvalue weighted by molar-refractivity contribution is -0.136. The first-order valence-electron chi connectivity index (χ1n) is 8.32. The van der Waals surface area contributed by atoms with E-state index in [0.29, 0.717) is 11.8 Å². The Balaban J connectivity index is 1.36. The highest BCUT2D eigenvalue weighted by atomic mass is 16.2. The average molecular weight is 284 g/mol. The van der Waals surface area contributed by atoms with Gasteiger partial charge in [-0.25, -0.2) is 0 Å². The minimum atomic E-state index is 0.346. The predicted octanol–water partition coefficient (Wildman–Crippen LogP) is 2.69. The molecule has 3 fully saturated rings. The summed E-state index contributed by atoms with van der Waals surface area (Å²) in [5, 5.41) is 0. The van der Waals surface area contributed by atoms with E-state index in [1.165, 1.54) is 30.5 Å². The Bertz CT molecular complexity index is 538. The van der Waals surface area contributed by atoms with Crippen LogP contribution in [-0.4, -0.2) is 37.0 Å². The molecule has 0 spiro atoms. The number of aryl methyl sites for hydroxylation is 1. The van der Waals surface area contributed by atoms with Crippen molar-refractivity contribution < 1.29 is 4.79 Å². The first-order valence-corrected chi connectivity index (χ1v) is 8.32. The molecule has 1 aromatic carbocycles. The maximum absolute atomic E-state index is 12.6. The number of amides is 1. The Morgan fingerprint density at radius 2 is 1.67 bits per heavy atom. The molecule has 21 heavy (non-hydrogen) atoms. The molecular weight excluding hydrogens is 260 g/mol. The Hall–Kier alpha value is -1.51. The zero-order valence-corrected chi connectivity index (χ0v) is 12.8. The number of piperazine rings is 1. The predicted molar refractivity (Wildman–Crippen MR) is 84.3 cm³/mol. The van der Waals surface area contributed by atoms with Crippen LogP contribution >= 0.6 is 0 Å². The zero-order chi connectivity index (χ0) is 14.4. The highest BCUT2D eigenvalue weighted by Crippen LogP contribution is 2.54. The highest BCUT2D eigenvalue weighted by Gasteiger charge is 2.48. The molecule has 0 radical (unpaired) electrons. The molecule has 1 amide bonds. The van der Waals surface area contributed by atoms with Crippen LogP contribution in [0.5, 0.6) is 0 Å². The number of fused-ring (bicyclic) bond motifs is 1. The summed E-state index contributed by atoms with van der Waals surface area (Å²) in [6.45, 7) is 5.88. The van der Waals surface area contributed by atoms with Gasteiger partial charge < -0.3 is 9.80 Å². The van der Waals surface area contributed by atoms with Crippen molar-refractivity contribution in [2.24, 2.45) is 17.8 Å². The van der Waals surface area contributed by atoms with Gasteiger partial charge in [0.25, 0.3) is 0 Å². The van der Waals surface area contributed by atoms with Gasteiger partial charge in [-0.05, 0) is 49.7 Å². The fourth-order valence-electron chi connectivity index (χ4n) is 4.26. The molecule has 2 saturated carbocycles. The van der Waals surface area contributed by atoms with Crippen LogP contribution in [0.3, 0.4) is 0 Å². The molecular formula is C18H24N2O. The molecule has 2 unspecified atom stereocenters. The maximum atomic E-state index is 12.6. The topological polar surface area (TPSA) is 23.6 Å². The van der Waals surface area contributed by atoms with Crippen molar-refractivity contribution in [1.29, 1.82) is 0 Å². The van der Waals surface area contributed by atoms with Gasteiger partial charge in [0.1, 0.15) is 0 Å². The third-order valence-corrected chi connectivity index (χ3v) is 5.64. The van der Waals surface area contributed by atoms with Gasteiger partial charge in [-0.1, -0.05) is 18.2 Å².